The Morgan fingerprint density at radius 3 is 2.03 bits per heavy atom. The molecule has 1 heterocycles. The zero-order chi connectivity index (χ0) is 38.2. The van der Waals surface area contributed by atoms with Gasteiger partial charge in [-0.3, -0.25) is 0 Å². The molecule has 1 spiro atoms. The van der Waals surface area contributed by atoms with E-state index in [0.717, 1.165) is 31.4 Å². The van der Waals surface area contributed by atoms with E-state index in [0.29, 0.717) is 0 Å². The molecule has 0 aliphatic heterocycles. The van der Waals surface area contributed by atoms with E-state index in [1.807, 2.05) is 11.3 Å². The van der Waals surface area contributed by atoms with Crippen LogP contribution in [0.25, 0.3) is 38.4 Å². The van der Waals surface area contributed by atoms with Crippen LogP contribution in [0, 0.1) is 0 Å². The van der Waals surface area contributed by atoms with Crippen LogP contribution in [-0.4, -0.2) is 0 Å². The summed E-state index contributed by atoms with van der Waals surface area (Å²) in [5.74, 6) is 0. The summed E-state index contributed by atoms with van der Waals surface area (Å²) >= 11 is 1.97. The molecule has 0 amide bonds. The number of thiophene rings is 1. The molecule has 4 aliphatic carbocycles. The maximum atomic E-state index is 2.53. The Balaban J connectivity index is 1.17. The average Bonchev–Trinajstić information content (AvgIpc) is 3.92. The van der Waals surface area contributed by atoms with Crippen molar-refractivity contribution in [2.75, 3.05) is 9.80 Å². The van der Waals surface area contributed by atoms with E-state index in [1.54, 1.807) is 0 Å². The van der Waals surface area contributed by atoms with E-state index < -0.39 is 5.41 Å². The van der Waals surface area contributed by atoms with Crippen LogP contribution in [0.15, 0.2) is 194 Å². The molecule has 1 atom stereocenters. The fourth-order valence-corrected chi connectivity index (χ4v) is 11.8. The summed E-state index contributed by atoms with van der Waals surface area (Å²) in [5.41, 5.74) is 18.7. The van der Waals surface area contributed by atoms with Crippen molar-refractivity contribution in [3.8, 4) is 22.3 Å². The predicted octanol–water partition coefficient (Wildman–Crippen LogP) is 15.0. The molecule has 1 aromatic heterocycles. The lowest BCUT2D eigenvalue weighted by Gasteiger charge is -2.33. The topological polar surface area (TPSA) is 6.48 Å². The number of allylic oxidation sites excluding steroid dienone is 4. The minimum absolute atomic E-state index is 0.510. The summed E-state index contributed by atoms with van der Waals surface area (Å²) in [6.07, 6.45) is 15.9. The molecule has 4 aliphatic rings. The minimum atomic E-state index is -0.510. The van der Waals surface area contributed by atoms with Crippen molar-refractivity contribution in [3.63, 3.8) is 0 Å². The third kappa shape index (κ3) is 4.77. The van der Waals surface area contributed by atoms with E-state index in [-0.39, 0.29) is 0 Å². The van der Waals surface area contributed by atoms with E-state index in [4.69, 9.17) is 0 Å². The molecular formula is C55H40N2S. The van der Waals surface area contributed by atoms with E-state index >= 15 is 0 Å². The first kappa shape index (κ1) is 33.5. The van der Waals surface area contributed by atoms with Gasteiger partial charge in [0.2, 0.25) is 0 Å². The molecule has 8 aromatic rings. The summed E-state index contributed by atoms with van der Waals surface area (Å²) in [6.45, 7) is 0. The van der Waals surface area contributed by atoms with Gasteiger partial charge in [0.25, 0.3) is 0 Å². The molecular weight excluding hydrogens is 721 g/mol. The highest BCUT2D eigenvalue weighted by Gasteiger charge is 2.54. The zero-order valence-corrected chi connectivity index (χ0v) is 32.9. The normalized spacial score (nSPS) is 16.7. The third-order valence-corrected chi connectivity index (χ3v) is 14.0. The number of rotatable bonds is 6. The van der Waals surface area contributed by atoms with Crippen LogP contribution in [0.3, 0.4) is 0 Å². The van der Waals surface area contributed by atoms with Crippen molar-refractivity contribution < 1.29 is 0 Å². The molecule has 0 saturated carbocycles. The molecule has 1 unspecified atom stereocenters. The highest BCUT2D eigenvalue weighted by molar-refractivity contribution is 7.20. The summed E-state index contributed by atoms with van der Waals surface area (Å²) < 4.78 is 1.33. The quantitative estimate of drug-likeness (QED) is 0.167. The molecule has 0 fully saturated rings. The smallest absolute Gasteiger partial charge is 0.0821 e. The molecule has 2 nitrogen and oxygen atoms in total. The van der Waals surface area contributed by atoms with Crippen LogP contribution in [0.5, 0.6) is 0 Å². The van der Waals surface area contributed by atoms with Crippen LogP contribution in [0.1, 0.15) is 52.0 Å². The number of para-hydroxylation sites is 2. The Labute approximate surface area is 344 Å². The molecule has 276 valence electrons. The first-order valence-corrected chi connectivity index (χ1v) is 21.4. The van der Waals surface area contributed by atoms with Gasteiger partial charge in [0.15, 0.2) is 0 Å². The zero-order valence-electron chi connectivity index (χ0n) is 32.1. The van der Waals surface area contributed by atoms with E-state index in [9.17, 15) is 0 Å². The van der Waals surface area contributed by atoms with Gasteiger partial charge >= 0.3 is 0 Å². The standard InChI is InChI=1S/C55H40N2S/c1-4-20-38(21-5-1)56(39-22-6-2-7-23-39)41-34-35-44-48(36-41)55(54-52(44)45-28-13-15-33-51(45)58-54)46-29-14-12-27-43(46)53-47(55)30-17-32-50(53)57(40-24-8-3-9-25-40)49-31-16-19-37-18-10-11-26-42(37)49/h1,3-6,8-9,11-17,19-36H,2,7,10,18H2. The summed E-state index contributed by atoms with van der Waals surface area (Å²) in [7, 11) is 0. The number of aryl methyl sites for hydroxylation is 1. The first-order chi connectivity index (χ1) is 28.8. The Kier molecular flexibility index (Phi) is 7.61. The predicted molar refractivity (Wildman–Crippen MR) is 245 cm³/mol. The summed E-state index contributed by atoms with van der Waals surface area (Å²) in [5, 5.41) is 1.34. The van der Waals surface area contributed by atoms with E-state index in [2.05, 4.69) is 204 Å². The highest BCUT2D eigenvalue weighted by Crippen LogP contribution is 2.68. The minimum Gasteiger partial charge on any atom is -0.311 e. The lowest BCUT2D eigenvalue weighted by molar-refractivity contribution is 0.811. The van der Waals surface area contributed by atoms with Gasteiger partial charge in [-0.05, 0) is 120 Å². The van der Waals surface area contributed by atoms with Crippen LogP contribution < -0.4 is 9.80 Å². The van der Waals surface area contributed by atoms with Gasteiger partial charge in [-0.15, -0.1) is 11.3 Å². The summed E-state index contributed by atoms with van der Waals surface area (Å²) in [6, 6.07) is 61.4. The molecule has 12 rings (SSSR count). The lowest BCUT2D eigenvalue weighted by Crippen LogP contribution is -2.26. The van der Waals surface area contributed by atoms with Gasteiger partial charge in [0, 0.05) is 54.4 Å². The van der Waals surface area contributed by atoms with Gasteiger partial charge in [-0.25, -0.2) is 0 Å². The number of hydrogen-bond donors (Lipinski definition) is 0. The van der Waals surface area contributed by atoms with Crippen molar-refractivity contribution >= 4 is 55.9 Å². The maximum absolute atomic E-state index is 2.53. The van der Waals surface area contributed by atoms with Crippen LogP contribution in [0.4, 0.5) is 28.4 Å². The van der Waals surface area contributed by atoms with Gasteiger partial charge in [-0.2, -0.15) is 0 Å². The van der Waals surface area contributed by atoms with Crippen molar-refractivity contribution in [1.82, 2.24) is 0 Å². The maximum Gasteiger partial charge on any atom is 0.0821 e. The fraction of sp³-hybridized carbons (Fsp3) is 0.0909. The molecule has 3 heteroatoms. The number of nitrogens with zero attached hydrogens (tertiary/aromatic N) is 2. The van der Waals surface area contributed by atoms with Crippen molar-refractivity contribution in [2.24, 2.45) is 0 Å². The monoisotopic (exact) mass is 760 g/mol. The van der Waals surface area contributed by atoms with Gasteiger partial charge in [0.1, 0.15) is 0 Å². The molecule has 0 N–H and O–H groups in total. The molecule has 7 aromatic carbocycles. The Morgan fingerprint density at radius 1 is 0.483 bits per heavy atom. The SMILES string of the molecule is C1=CC(N(c2ccccc2)c2ccc3c(c2)C2(c4ccccc4-c4c(N(c5ccccc5)c5cccc6c5C=CCC6)cccc42)c2sc4ccccc4c2-3)=CCC1. The lowest BCUT2D eigenvalue weighted by atomic mass is 9.73. The van der Waals surface area contributed by atoms with Crippen molar-refractivity contribution in [2.45, 2.75) is 31.1 Å². The molecule has 0 radical (unpaired) electrons. The van der Waals surface area contributed by atoms with Crippen LogP contribution >= 0.6 is 11.3 Å². The van der Waals surface area contributed by atoms with Gasteiger partial charge < -0.3 is 9.80 Å². The van der Waals surface area contributed by atoms with Gasteiger partial charge in [0.05, 0.1) is 16.8 Å². The molecule has 58 heavy (non-hydrogen) atoms. The second-order valence-electron chi connectivity index (χ2n) is 15.8. The fourth-order valence-electron chi connectivity index (χ4n) is 10.3. The Bertz CT molecular complexity index is 3020. The number of anilines is 5. The largest absolute Gasteiger partial charge is 0.311 e. The Morgan fingerprint density at radius 2 is 1.19 bits per heavy atom. The Hall–Kier alpha value is -6.68. The van der Waals surface area contributed by atoms with Crippen molar-refractivity contribution in [3.05, 3.63) is 226 Å². The van der Waals surface area contributed by atoms with E-state index in [1.165, 1.54) is 93.5 Å². The highest BCUT2D eigenvalue weighted by atomic mass is 32.1. The second kappa shape index (κ2) is 13.2. The summed E-state index contributed by atoms with van der Waals surface area (Å²) in [4.78, 5) is 6.40. The third-order valence-electron chi connectivity index (χ3n) is 12.7. The van der Waals surface area contributed by atoms with Crippen LogP contribution in [-0.2, 0) is 11.8 Å². The number of hydrogen-bond acceptors (Lipinski definition) is 3. The van der Waals surface area contributed by atoms with Gasteiger partial charge in [-0.1, -0.05) is 133 Å². The first-order valence-electron chi connectivity index (χ1n) is 20.6. The number of benzene rings is 7. The van der Waals surface area contributed by atoms with Crippen molar-refractivity contribution in [1.29, 1.82) is 0 Å². The van der Waals surface area contributed by atoms with Crippen LogP contribution in [0.2, 0.25) is 0 Å². The molecule has 0 bridgehead atoms. The average molecular weight is 761 g/mol. The number of fused-ring (bicyclic) bond motifs is 13. The molecule has 0 saturated heterocycles. The second-order valence-corrected chi connectivity index (χ2v) is 16.8.